The Balaban J connectivity index is 1.93. The van der Waals surface area contributed by atoms with Crippen LogP contribution in [0.1, 0.15) is 18.5 Å². The fraction of sp³-hybridized carbons (Fsp3) is 0.500. The molecule has 0 aliphatic carbocycles. The van der Waals surface area contributed by atoms with Crippen molar-refractivity contribution < 1.29 is 5.11 Å². The molecule has 3 atom stereocenters. The maximum absolute atomic E-state index is 8.98. The standard InChI is InChI=1S/C12H20N4O/c1-9(8-17)13-7-11-12(15-16-14-11)10-5-3-2-4-6-10/h2-6,9,11-17H,7-8H2,1H3. The number of rotatable bonds is 5. The van der Waals surface area contributed by atoms with Crippen LogP contribution in [0.5, 0.6) is 0 Å². The largest absolute Gasteiger partial charge is 0.395 e. The Bertz CT molecular complexity index is 333. The summed E-state index contributed by atoms with van der Waals surface area (Å²) in [6.45, 7) is 2.91. The van der Waals surface area contributed by atoms with Gasteiger partial charge in [0.2, 0.25) is 0 Å². The van der Waals surface area contributed by atoms with Crippen molar-refractivity contribution in [2.75, 3.05) is 13.2 Å². The highest BCUT2D eigenvalue weighted by atomic mass is 16.3. The highest BCUT2D eigenvalue weighted by molar-refractivity contribution is 5.21. The van der Waals surface area contributed by atoms with Gasteiger partial charge in [0, 0.05) is 12.6 Å². The molecule has 1 aliphatic heterocycles. The van der Waals surface area contributed by atoms with E-state index in [1.54, 1.807) is 0 Å². The Morgan fingerprint density at radius 2 is 2.06 bits per heavy atom. The Labute approximate surface area is 102 Å². The lowest BCUT2D eigenvalue weighted by Crippen LogP contribution is -2.43. The van der Waals surface area contributed by atoms with Gasteiger partial charge in [-0.15, -0.1) is 0 Å². The molecule has 0 bridgehead atoms. The molecule has 0 spiro atoms. The van der Waals surface area contributed by atoms with E-state index in [0.717, 1.165) is 6.54 Å². The summed E-state index contributed by atoms with van der Waals surface area (Å²) in [4.78, 5) is 0. The molecule has 0 radical (unpaired) electrons. The van der Waals surface area contributed by atoms with Gasteiger partial charge in [0.15, 0.2) is 0 Å². The summed E-state index contributed by atoms with van der Waals surface area (Å²) < 4.78 is 0. The fourth-order valence-corrected chi connectivity index (χ4v) is 1.93. The van der Waals surface area contributed by atoms with Crippen LogP contribution in [0.15, 0.2) is 30.3 Å². The molecule has 5 N–H and O–H groups in total. The van der Waals surface area contributed by atoms with E-state index >= 15 is 0 Å². The predicted octanol–water partition coefficient (Wildman–Crippen LogP) is -0.321. The van der Waals surface area contributed by atoms with Gasteiger partial charge in [0.05, 0.1) is 18.7 Å². The van der Waals surface area contributed by atoms with Crippen molar-refractivity contribution in [2.24, 2.45) is 0 Å². The average Bonchev–Trinajstić information content (AvgIpc) is 2.85. The molecule has 1 aromatic rings. The summed E-state index contributed by atoms with van der Waals surface area (Å²) in [5.41, 5.74) is 10.6. The molecule has 0 saturated carbocycles. The second-order valence-corrected chi connectivity index (χ2v) is 4.40. The van der Waals surface area contributed by atoms with Gasteiger partial charge in [-0.1, -0.05) is 30.3 Å². The number of benzene rings is 1. The molecule has 1 aliphatic rings. The predicted molar refractivity (Wildman–Crippen MR) is 66.9 cm³/mol. The summed E-state index contributed by atoms with van der Waals surface area (Å²) in [6.07, 6.45) is 0. The van der Waals surface area contributed by atoms with E-state index in [1.165, 1.54) is 5.56 Å². The minimum atomic E-state index is 0.119. The molecule has 1 aromatic carbocycles. The van der Waals surface area contributed by atoms with Gasteiger partial charge in [-0.05, 0) is 12.5 Å². The second-order valence-electron chi connectivity index (χ2n) is 4.40. The van der Waals surface area contributed by atoms with E-state index in [4.69, 9.17) is 5.11 Å². The Morgan fingerprint density at radius 3 is 2.76 bits per heavy atom. The highest BCUT2D eigenvalue weighted by Gasteiger charge is 2.27. The van der Waals surface area contributed by atoms with Crippen molar-refractivity contribution in [3.63, 3.8) is 0 Å². The maximum Gasteiger partial charge on any atom is 0.0655 e. The zero-order valence-corrected chi connectivity index (χ0v) is 9.98. The first-order chi connectivity index (χ1) is 8.31. The summed E-state index contributed by atoms with van der Waals surface area (Å²) in [6, 6.07) is 10.9. The van der Waals surface area contributed by atoms with Crippen molar-refractivity contribution in [3.05, 3.63) is 35.9 Å². The zero-order valence-electron chi connectivity index (χ0n) is 9.98. The SMILES string of the molecule is CC(CO)NCC1NNNC1c1ccccc1. The van der Waals surface area contributed by atoms with Crippen molar-refractivity contribution in [3.8, 4) is 0 Å². The van der Waals surface area contributed by atoms with E-state index in [2.05, 4.69) is 33.8 Å². The van der Waals surface area contributed by atoms with Gasteiger partial charge in [-0.25, -0.2) is 10.9 Å². The number of aliphatic hydroxyl groups is 1. The molecule has 0 amide bonds. The van der Waals surface area contributed by atoms with E-state index in [1.807, 2.05) is 25.1 Å². The molecule has 5 heteroatoms. The number of nitrogens with one attached hydrogen (secondary N) is 4. The Kier molecular flexibility index (Phi) is 4.47. The summed E-state index contributed by atoms with van der Waals surface area (Å²) in [5.74, 6) is 0. The van der Waals surface area contributed by atoms with Crippen LogP contribution in [0.3, 0.4) is 0 Å². The third-order valence-electron chi connectivity index (χ3n) is 3.01. The van der Waals surface area contributed by atoms with Crippen LogP contribution < -0.4 is 21.7 Å². The first-order valence-electron chi connectivity index (χ1n) is 5.96. The van der Waals surface area contributed by atoms with Crippen molar-refractivity contribution >= 4 is 0 Å². The van der Waals surface area contributed by atoms with Gasteiger partial charge in [-0.2, -0.15) is 5.53 Å². The van der Waals surface area contributed by atoms with E-state index in [-0.39, 0.29) is 24.7 Å². The third kappa shape index (κ3) is 3.24. The second kappa shape index (κ2) is 6.09. The summed E-state index contributed by atoms with van der Waals surface area (Å²) >= 11 is 0. The van der Waals surface area contributed by atoms with Crippen LogP contribution in [0, 0.1) is 0 Å². The van der Waals surface area contributed by atoms with Crippen LogP contribution in [0.25, 0.3) is 0 Å². The van der Waals surface area contributed by atoms with Crippen molar-refractivity contribution in [1.29, 1.82) is 0 Å². The van der Waals surface area contributed by atoms with Gasteiger partial charge in [0.1, 0.15) is 0 Å². The summed E-state index contributed by atoms with van der Waals surface area (Å²) in [7, 11) is 0. The molecule has 3 unspecified atom stereocenters. The van der Waals surface area contributed by atoms with Gasteiger partial charge in [0.25, 0.3) is 0 Å². The summed E-state index contributed by atoms with van der Waals surface area (Å²) in [5, 5.41) is 12.3. The zero-order chi connectivity index (χ0) is 12.1. The smallest absolute Gasteiger partial charge is 0.0655 e. The van der Waals surface area contributed by atoms with Crippen LogP contribution in [-0.2, 0) is 0 Å². The van der Waals surface area contributed by atoms with Crippen LogP contribution in [0.4, 0.5) is 0 Å². The van der Waals surface area contributed by atoms with E-state index in [9.17, 15) is 0 Å². The molecular weight excluding hydrogens is 216 g/mol. The average molecular weight is 236 g/mol. The lowest BCUT2D eigenvalue weighted by molar-refractivity contribution is 0.247. The van der Waals surface area contributed by atoms with Crippen molar-refractivity contribution in [2.45, 2.75) is 25.0 Å². The number of hydrogen-bond donors (Lipinski definition) is 5. The van der Waals surface area contributed by atoms with Gasteiger partial charge >= 0.3 is 0 Å². The first kappa shape index (κ1) is 12.5. The van der Waals surface area contributed by atoms with Gasteiger partial charge < -0.3 is 10.4 Å². The quantitative estimate of drug-likeness (QED) is 0.485. The Hall–Kier alpha value is -0.980. The fourth-order valence-electron chi connectivity index (χ4n) is 1.93. The minimum Gasteiger partial charge on any atom is -0.395 e. The molecule has 5 nitrogen and oxygen atoms in total. The topological polar surface area (TPSA) is 68.3 Å². The first-order valence-corrected chi connectivity index (χ1v) is 5.96. The molecule has 1 fully saturated rings. The molecule has 1 saturated heterocycles. The molecule has 0 aromatic heterocycles. The number of hydrogen-bond acceptors (Lipinski definition) is 5. The lowest BCUT2D eigenvalue weighted by Gasteiger charge is -2.20. The number of hydrazine groups is 2. The van der Waals surface area contributed by atoms with Crippen LogP contribution >= 0.6 is 0 Å². The molecule has 17 heavy (non-hydrogen) atoms. The molecular formula is C12H20N4O. The van der Waals surface area contributed by atoms with Crippen molar-refractivity contribution in [1.82, 2.24) is 21.7 Å². The highest BCUT2D eigenvalue weighted by Crippen LogP contribution is 2.17. The normalized spacial score (nSPS) is 26.0. The van der Waals surface area contributed by atoms with E-state index < -0.39 is 0 Å². The van der Waals surface area contributed by atoms with Crippen LogP contribution in [0.2, 0.25) is 0 Å². The maximum atomic E-state index is 8.98. The molecule has 2 rings (SSSR count). The number of aliphatic hydroxyl groups excluding tert-OH is 1. The lowest BCUT2D eigenvalue weighted by atomic mass is 10.0. The third-order valence-corrected chi connectivity index (χ3v) is 3.01. The monoisotopic (exact) mass is 236 g/mol. The Morgan fingerprint density at radius 1 is 1.29 bits per heavy atom. The minimum absolute atomic E-state index is 0.119. The van der Waals surface area contributed by atoms with E-state index in [0.29, 0.717) is 0 Å². The van der Waals surface area contributed by atoms with Gasteiger partial charge in [-0.3, -0.25) is 0 Å². The van der Waals surface area contributed by atoms with Crippen LogP contribution in [-0.4, -0.2) is 30.3 Å². The molecule has 94 valence electrons. The molecule has 1 heterocycles.